The lowest BCUT2D eigenvalue weighted by Gasteiger charge is -2.22. The smallest absolute Gasteiger partial charge is 0.328 e. The Hall–Kier alpha value is -9.51. The minimum atomic E-state index is -1.24. The SMILES string of the molecule is COC(=O)C(CCCN=C(N)N)NC(=O)C(CCCN=C(N)N)NC(=O)COc1cc2oc3cc(OCC(=O)NC(CCCN=C(N)N)C(=O)NC(CCCN=C(N)N)C(=O)OC)c(OC)c(CC=C(C)C)c3c(=O)c2c(O)c1CC=C(C)C. The van der Waals surface area contributed by atoms with Gasteiger partial charge in [0.1, 0.15) is 52.2 Å². The molecule has 0 aliphatic heterocycles. The summed E-state index contributed by atoms with van der Waals surface area (Å²) < 4.78 is 34.2. The number of nitrogens with zero attached hydrogens (tertiary/aromatic N) is 4. The van der Waals surface area contributed by atoms with Gasteiger partial charge in [-0.1, -0.05) is 23.3 Å². The summed E-state index contributed by atoms with van der Waals surface area (Å²) >= 11 is 0. The molecule has 0 aliphatic rings. The van der Waals surface area contributed by atoms with Gasteiger partial charge in [0.25, 0.3) is 11.8 Å². The molecule has 0 aliphatic carbocycles. The number of aliphatic imine (C=N–C) groups is 4. The number of guanidine groups is 4. The van der Waals surface area contributed by atoms with E-state index in [-0.39, 0.29) is 152 Å². The number of allylic oxidation sites excluding steroid dienone is 4. The lowest BCUT2D eigenvalue weighted by Crippen LogP contribution is -2.52. The van der Waals surface area contributed by atoms with E-state index < -0.39 is 84.1 Å². The van der Waals surface area contributed by atoms with Crippen molar-refractivity contribution in [2.45, 2.75) is 116 Å². The second-order valence-corrected chi connectivity index (χ2v) is 19.5. The van der Waals surface area contributed by atoms with Crippen LogP contribution in [0.1, 0.15) is 90.2 Å². The predicted molar refractivity (Wildman–Crippen MR) is 317 cm³/mol. The molecule has 30 heteroatoms. The summed E-state index contributed by atoms with van der Waals surface area (Å²) in [5.41, 5.74) is 44.9. The lowest BCUT2D eigenvalue weighted by molar-refractivity contribution is -0.146. The van der Waals surface area contributed by atoms with Crippen LogP contribution >= 0.6 is 0 Å². The van der Waals surface area contributed by atoms with Crippen molar-refractivity contribution in [1.82, 2.24) is 21.3 Å². The zero-order valence-corrected chi connectivity index (χ0v) is 48.6. The van der Waals surface area contributed by atoms with Gasteiger partial charge in [-0.2, -0.15) is 0 Å². The van der Waals surface area contributed by atoms with E-state index in [4.69, 9.17) is 74.0 Å². The number of nitrogens with one attached hydrogen (secondary N) is 4. The minimum Gasteiger partial charge on any atom is -0.507 e. The Labute approximate surface area is 485 Å². The number of amides is 4. The number of benzene rings is 2. The van der Waals surface area contributed by atoms with Crippen molar-refractivity contribution >= 4 is 81.3 Å². The molecule has 0 saturated carbocycles. The first kappa shape index (κ1) is 68.8. The average molecular weight is 1180 g/mol. The normalized spacial score (nSPS) is 12.1. The van der Waals surface area contributed by atoms with Crippen molar-refractivity contribution in [3.8, 4) is 23.0 Å². The summed E-state index contributed by atoms with van der Waals surface area (Å²) in [5.74, 6) is -5.80. The van der Waals surface area contributed by atoms with E-state index in [1.807, 2.05) is 33.8 Å². The highest BCUT2D eigenvalue weighted by molar-refractivity contribution is 5.98. The Morgan fingerprint density at radius 1 is 0.548 bits per heavy atom. The Kier molecular flexibility index (Phi) is 28.4. The maximum atomic E-state index is 14.9. The predicted octanol–water partition coefficient (Wildman–Crippen LogP) is -1.07. The van der Waals surface area contributed by atoms with Gasteiger partial charge in [0.05, 0.1) is 26.7 Å². The molecule has 30 nitrogen and oxygen atoms in total. The highest BCUT2D eigenvalue weighted by atomic mass is 16.5. The molecule has 3 rings (SSSR count). The molecule has 84 heavy (non-hydrogen) atoms. The third-order valence-electron chi connectivity index (χ3n) is 12.4. The fourth-order valence-corrected chi connectivity index (χ4v) is 8.30. The standard InChI is InChI=1S/C54H82N16O14/c1-28(2)16-18-30-36(82-26-40(71)67-32(12-8-20-63-51(55)56)47(75)69-34(49(77)80-6)14-10-22-65-53(59)60)24-38-43(44(30)73)45(74)42-31(19-17-29(3)4)46(79-5)39(25-37(42)84-38)83-27-41(72)68-33(13-9-21-64-52(57)58)48(76)70-35(50(78)81-7)15-11-23-66-54(61)62/h16-17,24-25,32-35,73H,8-15,18-23,26-27H2,1-7H3,(H,67,71)(H,68,72)(H,69,75)(H,70,76)(H4,55,56,63)(H4,57,58,64)(H4,59,60,65)(H4,61,62,66). The van der Waals surface area contributed by atoms with Crippen LogP contribution in [0.2, 0.25) is 0 Å². The Morgan fingerprint density at radius 2 is 0.917 bits per heavy atom. The van der Waals surface area contributed by atoms with Gasteiger partial charge in [0.15, 0.2) is 48.6 Å². The number of phenols is 1. The van der Waals surface area contributed by atoms with Crippen molar-refractivity contribution < 1.29 is 62.0 Å². The van der Waals surface area contributed by atoms with Crippen LogP contribution in [0.15, 0.2) is 64.6 Å². The summed E-state index contributed by atoms with van der Waals surface area (Å²) in [6, 6.07) is -2.08. The van der Waals surface area contributed by atoms with E-state index in [0.717, 1.165) is 25.4 Å². The third-order valence-corrected chi connectivity index (χ3v) is 12.4. The number of carbonyl (C=O) groups is 6. The largest absolute Gasteiger partial charge is 0.507 e. The highest BCUT2D eigenvalue weighted by Crippen LogP contribution is 2.42. The first-order valence-electron chi connectivity index (χ1n) is 26.8. The summed E-state index contributed by atoms with van der Waals surface area (Å²) in [7, 11) is 3.65. The van der Waals surface area contributed by atoms with Gasteiger partial charge in [-0.25, -0.2) is 9.59 Å². The van der Waals surface area contributed by atoms with E-state index in [2.05, 4.69) is 41.2 Å². The van der Waals surface area contributed by atoms with Gasteiger partial charge in [-0.3, -0.25) is 43.9 Å². The number of carbonyl (C=O) groups excluding carboxylic acids is 6. The van der Waals surface area contributed by atoms with Crippen LogP contribution in [0.3, 0.4) is 0 Å². The van der Waals surface area contributed by atoms with Crippen molar-refractivity contribution in [1.29, 1.82) is 0 Å². The fourth-order valence-electron chi connectivity index (χ4n) is 8.30. The molecule has 0 fully saturated rings. The summed E-state index contributed by atoms with van der Waals surface area (Å²) in [4.78, 5) is 111. The lowest BCUT2D eigenvalue weighted by atomic mass is 9.98. The van der Waals surface area contributed by atoms with E-state index >= 15 is 0 Å². The molecule has 1 heterocycles. The van der Waals surface area contributed by atoms with Gasteiger partial charge in [-0.05, 0) is 91.9 Å². The minimum absolute atomic E-state index is 0.00786. The van der Waals surface area contributed by atoms with Gasteiger partial charge < -0.3 is 100 Å². The fraction of sp³-hybridized carbons (Fsp3) is 0.500. The number of nitrogens with two attached hydrogens (primary N) is 8. The number of hydrogen-bond donors (Lipinski definition) is 13. The average Bonchev–Trinajstić information content (AvgIpc) is 0.855. The van der Waals surface area contributed by atoms with Crippen LogP contribution in [0.5, 0.6) is 23.0 Å². The van der Waals surface area contributed by atoms with Crippen molar-refractivity contribution in [3.63, 3.8) is 0 Å². The number of fused-ring (bicyclic) bond motifs is 2. The molecular formula is C54H82N16O14. The maximum absolute atomic E-state index is 14.9. The quantitative estimate of drug-likeness (QED) is 0.00833. The molecule has 1 aromatic heterocycles. The number of esters is 2. The zero-order chi connectivity index (χ0) is 62.6. The van der Waals surface area contributed by atoms with Crippen LogP contribution in [0.4, 0.5) is 0 Å². The highest BCUT2D eigenvalue weighted by Gasteiger charge is 2.31. The molecule has 3 aromatic rings. The Balaban J connectivity index is 2.11. The van der Waals surface area contributed by atoms with Gasteiger partial charge >= 0.3 is 11.9 Å². The molecule has 0 saturated heterocycles. The molecule has 21 N–H and O–H groups in total. The van der Waals surface area contributed by atoms with Crippen LogP contribution in [-0.4, -0.2) is 149 Å². The van der Waals surface area contributed by atoms with Crippen molar-refractivity contribution in [2.75, 3.05) is 60.7 Å². The van der Waals surface area contributed by atoms with Crippen molar-refractivity contribution in [2.24, 2.45) is 65.8 Å². The molecule has 0 bridgehead atoms. The molecule has 4 atom stereocenters. The van der Waals surface area contributed by atoms with Gasteiger partial charge in [-0.15, -0.1) is 0 Å². The van der Waals surface area contributed by atoms with E-state index in [1.54, 1.807) is 6.08 Å². The summed E-state index contributed by atoms with van der Waals surface area (Å²) in [6.07, 6.45) is 4.95. The topological polar surface area (TPSA) is 505 Å². The van der Waals surface area contributed by atoms with Crippen LogP contribution in [0.25, 0.3) is 21.9 Å². The van der Waals surface area contributed by atoms with Gasteiger partial charge in [0, 0.05) is 49.4 Å². The molecular weight excluding hydrogens is 1100 g/mol. The molecule has 4 unspecified atom stereocenters. The molecule has 4 amide bonds. The summed E-state index contributed by atoms with van der Waals surface area (Å²) in [6.45, 7) is 6.43. The van der Waals surface area contributed by atoms with Gasteiger partial charge in [0.2, 0.25) is 17.2 Å². The number of hydrogen-bond acceptors (Lipinski definition) is 18. The first-order valence-corrected chi connectivity index (χ1v) is 26.8. The van der Waals surface area contributed by atoms with E-state index in [0.29, 0.717) is 12.8 Å². The number of aromatic hydroxyl groups is 1. The molecule has 462 valence electrons. The third kappa shape index (κ3) is 22.4. The molecule has 2 aromatic carbocycles. The molecule has 0 radical (unpaired) electrons. The molecule has 0 spiro atoms. The van der Waals surface area contributed by atoms with E-state index in [9.17, 15) is 38.7 Å². The maximum Gasteiger partial charge on any atom is 0.328 e. The number of ether oxygens (including phenoxy) is 5. The Morgan fingerprint density at radius 3 is 1.30 bits per heavy atom. The van der Waals surface area contributed by atoms with Crippen LogP contribution in [0, 0.1) is 0 Å². The van der Waals surface area contributed by atoms with Crippen LogP contribution < -0.4 is 86.8 Å². The van der Waals surface area contributed by atoms with Crippen molar-refractivity contribution in [3.05, 3.63) is 56.8 Å². The zero-order valence-electron chi connectivity index (χ0n) is 48.6. The second kappa shape index (κ2) is 34.7. The van der Waals surface area contributed by atoms with Crippen LogP contribution in [-0.2, 0) is 51.1 Å². The number of rotatable bonds is 35. The summed E-state index contributed by atoms with van der Waals surface area (Å²) in [5, 5.41) is 22.4. The van der Waals surface area contributed by atoms with E-state index in [1.165, 1.54) is 19.2 Å². The monoisotopic (exact) mass is 1180 g/mol. The second-order valence-electron chi connectivity index (χ2n) is 19.5. The Bertz CT molecular complexity index is 3040. The first-order chi connectivity index (χ1) is 39.8. The number of methoxy groups -OCH3 is 3. The number of phenolic OH excluding ortho intramolecular Hbond substituents is 1.